The molecule has 0 radical (unpaired) electrons. The van der Waals surface area contributed by atoms with Gasteiger partial charge in [-0.2, -0.15) is 0 Å². The number of halogens is 2. The topological polar surface area (TPSA) is 116 Å². The highest BCUT2D eigenvalue weighted by molar-refractivity contribution is 5.97. The lowest BCUT2D eigenvalue weighted by Gasteiger charge is -2.33. The maximum absolute atomic E-state index is 15.6. The minimum Gasteiger partial charge on any atom is -0.494 e. The number of hydrogen-bond acceptors (Lipinski definition) is 7. The molecule has 0 aliphatic carbocycles. The number of hydrazine groups is 1. The molecule has 2 aromatic carbocycles. The Morgan fingerprint density at radius 3 is 2.38 bits per heavy atom. The number of carbonyl (C=O) groups is 1. The van der Waals surface area contributed by atoms with Crippen molar-refractivity contribution in [3.05, 3.63) is 82.2 Å². The van der Waals surface area contributed by atoms with Gasteiger partial charge in [-0.3, -0.25) is 10.2 Å². The zero-order valence-electron chi connectivity index (χ0n) is 23.3. The van der Waals surface area contributed by atoms with Gasteiger partial charge >= 0.3 is 0 Å². The van der Waals surface area contributed by atoms with E-state index in [0.29, 0.717) is 17.0 Å². The summed E-state index contributed by atoms with van der Waals surface area (Å²) in [6.45, 7) is 7.94. The number of benzene rings is 2. The number of nitrogens with zero attached hydrogens (tertiary/aromatic N) is 1. The van der Waals surface area contributed by atoms with Crippen LogP contribution in [0.1, 0.15) is 61.8 Å². The van der Waals surface area contributed by atoms with E-state index in [4.69, 9.17) is 4.74 Å². The quantitative estimate of drug-likeness (QED) is 0.272. The van der Waals surface area contributed by atoms with Gasteiger partial charge in [0.25, 0.3) is 5.91 Å². The number of rotatable bonds is 8. The molecule has 1 aromatic heterocycles. The molecule has 0 unspecified atom stereocenters. The van der Waals surface area contributed by atoms with Crippen LogP contribution in [0.15, 0.2) is 48.2 Å². The Labute approximate surface area is 232 Å². The standard InChI is InChI=1S/C30H34F2N4O4/c1-16(2)30(39,15-33-28(37)20-12-19-11-17(3)35-36-26(19)23(13-20)40-6)24-14-22(29(4,5)38)25(32)27(34-24)18-7-9-21(31)10-8-18/h7-14,16,35-36,38-39H,15H2,1-6H3,(H,33,37)/t30-/m1/s1. The predicted molar refractivity (Wildman–Crippen MR) is 149 cm³/mol. The Morgan fingerprint density at radius 2 is 1.77 bits per heavy atom. The van der Waals surface area contributed by atoms with Gasteiger partial charge in [-0.1, -0.05) is 13.8 Å². The fourth-order valence-electron chi connectivity index (χ4n) is 4.51. The molecule has 0 saturated carbocycles. The van der Waals surface area contributed by atoms with Gasteiger partial charge in [0.2, 0.25) is 0 Å². The largest absolute Gasteiger partial charge is 0.494 e. The molecule has 1 aliphatic heterocycles. The molecule has 40 heavy (non-hydrogen) atoms. The van der Waals surface area contributed by atoms with Gasteiger partial charge in [0, 0.05) is 28.0 Å². The lowest BCUT2D eigenvalue weighted by atomic mass is 9.83. The van der Waals surface area contributed by atoms with Crippen LogP contribution in [-0.2, 0) is 11.2 Å². The van der Waals surface area contributed by atoms with Crippen LogP contribution in [-0.4, -0.2) is 34.8 Å². The van der Waals surface area contributed by atoms with E-state index in [0.717, 1.165) is 11.3 Å². The van der Waals surface area contributed by atoms with Crippen molar-refractivity contribution in [1.29, 1.82) is 0 Å². The number of aromatic nitrogens is 1. The lowest BCUT2D eigenvalue weighted by molar-refractivity contribution is -0.0129. The molecule has 1 aliphatic rings. The van der Waals surface area contributed by atoms with Crippen molar-refractivity contribution in [2.24, 2.45) is 5.92 Å². The first-order valence-electron chi connectivity index (χ1n) is 12.9. The van der Waals surface area contributed by atoms with Gasteiger partial charge < -0.3 is 25.7 Å². The monoisotopic (exact) mass is 552 g/mol. The number of methoxy groups -OCH3 is 1. The van der Waals surface area contributed by atoms with Crippen molar-refractivity contribution in [3.63, 3.8) is 0 Å². The number of fused-ring (bicyclic) bond motifs is 1. The van der Waals surface area contributed by atoms with Crippen molar-refractivity contribution < 1.29 is 28.5 Å². The second-order valence-corrected chi connectivity index (χ2v) is 10.8. The van der Waals surface area contributed by atoms with E-state index in [2.05, 4.69) is 21.2 Å². The molecule has 4 rings (SSSR count). The summed E-state index contributed by atoms with van der Waals surface area (Å²) in [6.07, 6.45) is 1.87. The summed E-state index contributed by atoms with van der Waals surface area (Å²) < 4.78 is 34.6. The molecule has 1 amide bonds. The number of allylic oxidation sites excluding steroid dienone is 1. The minimum atomic E-state index is -1.75. The summed E-state index contributed by atoms with van der Waals surface area (Å²) >= 11 is 0. The van der Waals surface area contributed by atoms with Crippen molar-refractivity contribution in [3.8, 4) is 17.0 Å². The number of hydrogen-bond donors (Lipinski definition) is 5. The highest BCUT2D eigenvalue weighted by atomic mass is 19.1. The fourth-order valence-corrected chi connectivity index (χ4v) is 4.51. The van der Waals surface area contributed by atoms with Gasteiger partial charge in [-0.25, -0.2) is 13.8 Å². The minimum absolute atomic E-state index is 0.0532. The maximum atomic E-state index is 15.6. The SMILES string of the molecule is COc1cc(C(=O)NC[C@](O)(c2cc(C(C)(C)O)c(F)c(-c3ccc(F)cc3)n2)C(C)C)cc2c1NNC(C)=C2. The predicted octanol–water partition coefficient (Wildman–Crippen LogP) is 4.83. The Hall–Kier alpha value is -4.02. The van der Waals surface area contributed by atoms with Gasteiger partial charge in [0.15, 0.2) is 5.82 Å². The van der Waals surface area contributed by atoms with E-state index in [9.17, 15) is 19.4 Å². The summed E-state index contributed by atoms with van der Waals surface area (Å²) in [7, 11) is 1.50. The molecule has 0 fully saturated rings. The second kappa shape index (κ2) is 10.9. The van der Waals surface area contributed by atoms with E-state index in [1.165, 1.54) is 51.3 Å². The molecule has 2 heterocycles. The van der Waals surface area contributed by atoms with E-state index in [1.807, 2.05) is 13.0 Å². The summed E-state index contributed by atoms with van der Waals surface area (Å²) in [5, 5.41) is 25.4. The van der Waals surface area contributed by atoms with Crippen LogP contribution in [0.3, 0.4) is 0 Å². The Morgan fingerprint density at radius 1 is 1.10 bits per heavy atom. The fraction of sp³-hybridized carbons (Fsp3) is 0.333. The van der Waals surface area contributed by atoms with Crippen molar-refractivity contribution in [1.82, 2.24) is 15.7 Å². The van der Waals surface area contributed by atoms with Crippen LogP contribution in [0.2, 0.25) is 0 Å². The van der Waals surface area contributed by atoms with Crippen molar-refractivity contribution >= 4 is 17.7 Å². The number of amides is 1. The zero-order chi connectivity index (χ0) is 29.4. The zero-order valence-corrected chi connectivity index (χ0v) is 23.3. The molecule has 0 bridgehead atoms. The Kier molecular flexibility index (Phi) is 7.87. The van der Waals surface area contributed by atoms with Crippen LogP contribution >= 0.6 is 0 Å². The van der Waals surface area contributed by atoms with Gasteiger partial charge in [0.05, 0.1) is 24.9 Å². The van der Waals surface area contributed by atoms with Gasteiger partial charge in [-0.05, 0) is 75.2 Å². The Balaban J connectivity index is 1.73. The molecular weight excluding hydrogens is 518 g/mol. The number of nitrogens with one attached hydrogen (secondary N) is 3. The number of ether oxygens (including phenoxy) is 1. The molecule has 212 valence electrons. The molecule has 0 spiro atoms. The molecule has 3 aromatic rings. The third kappa shape index (κ3) is 5.64. The Bertz CT molecular complexity index is 1470. The van der Waals surface area contributed by atoms with Crippen molar-refractivity contribution in [2.45, 2.75) is 45.8 Å². The summed E-state index contributed by atoms with van der Waals surface area (Å²) in [5.74, 6) is -1.78. The normalized spacial score (nSPS) is 14.4. The smallest absolute Gasteiger partial charge is 0.251 e. The highest BCUT2D eigenvalue weighted by Gasteiger charge is 2.38. The molecule has 1 atom stereocenters. The van der Waals surface area contributed by atoms with Crippen LogP contribution < -0.4 is 20.9 Å². The molecule has 5 N–H and O–H groups in total. The maximum Gasteiger partial charge on any atom is 0.251 e. The average molecular weight is 553 g/mol. The molecular formula is C30H34F2N4O4. The summed E-state index contributed by atoms with van der Waals surface area (Å²) in [5.41, 5.74) is 5.35. The van der Waals surface area contributed by atoms with Crippen LogP contribution in [0.25, 0.3) is 17.3 Å². The summed E-state index contributed by atoms with van der Waals surface area (Å²) in [4.78, 5) is 17.7. The molecule has 10 heteroatoms. The third-order valence-electron chi connectivity index (χ3n) is 7.02. The van der Waals surface area contributed by atoms with Crippen molar-refractivity contribution in [2.75, 3.05) is 19.1 Å². The number of carbonyl (C=O) groups excluding carboxylic acids is 1. The van der Waals surface area contributed by atoms with E-state index >= 15 is 4.39 Å². The van der Waals surface area contributed by atoms with Crippen LogP contribution in [0.5, 0.6) is 5.75 Å². The lowest BCUT2D eigenvalue weighted by Crippen LogP contribution is -2.45. The number of aliphatic hydroxyl groups is 2. The first-order valence-corrected chi connectivity index (χ1v) is 12.9. The molecule has 0 saturated heterocycles. The second-order valence-electron chi connectivity index (χ2n) is 10.8. The third-order valence-corrected chi connectivity index (χ3v) is 7.02. The first kappa shape index (κ1) is 29.0. The molecule has 8 nitrogen and oxygen atoms in total. The van der Waals surface area contributed by atoms with E-state index in [1.54, 1.807) is 26.0 Å². The van der Waals surface area contributed by atoms with Gasteiger partial charge in [-0.15, -0.1) is 0 Å². The first-order chi connectivity index (χ1) is 18.7. The van der Waals surface area contributed by atoms with E-state index in [-0.39, 0.29) is 29.1 Å². The number of pyridine rings is 1. The average Bonchev–Trinajstić information content (AvgIpc) is 2.90. The highest BCUT2D eigenvalue weighted by Crippen LogP contribution is 2.37. The summed E-state index contributed by atoms with van der Waals surface area (Å²) in [6, 6.07) is 9.70. The van der Waals surface area contributed by atoms with E-state index < -0.39 is 34.7 Å². The van der Waals surface area contributed by atoms with Gasteiger partial charge in [0.1, 0.15) is 28.5 Å². The number of anilines is 1. The van der Waals surface area contributed by atoms with Crippen LogP contribution in [0.4, 0.5) is 14.5 Å². The van der Waals surface area contributed by atoms with Crippen LogP contribution in [0, 0.1) is 17.6 Å².